The molecule has 0 aliphatic heterocycles. The van der Waals surface area contributed by atoms with E-state index in [1.807, 2.05) is 18.4 Å². The lowest BCUT2D eigenvalue weighted by molar-refractivity contribution is 0.678. The molecule has 0 saturated heterocycles. The van der Waals surface area contributed by atoms with Crippen molar-refractivity contribution in [1.82, 2.24) is 15.6 Å². The Hall–Kier alpha value is -1.40. The first-order valence-electron chi connectivity index (χ1n) is 8.28. The Kier molecular flexibility index (Phi) is 6.05. The maximum Gasteiger partial charge on any atom is 0.191 e. The van der Waals surface area contributed by atoms with Gasteiger partial charge in [0.05, 0.1) is 10.7 Å². The van der Waals surface area contributed by atoms with Gasteiger partial charge in [-0.3, -0.25) is 4.99 Å². The molecule has 1 aliphatic carbocycles. The van der Waals surface area contributed by atoms with Gasteiger partial charge in [0, 0.05) is 31.4 Å². The van der Waals surface area contributed by atoms with Crippen LogP contribution in [0.25, 0.3) is 0 Å². The van der Waals surface area contributed by atoms with E-state index in [0.717, 1.165) is 31.9 Å². The molecular formula is C17H24N4S2. The lowest BCUT2D eigenvalue weighted by Gasteiger charge is -2.10. The first-order chi connectivity index (χ1) is 11.3. The monoisotopic (exact) mass is 348 g/mol. The number of hydrogen-bond donors (Lipinski definition) is 2. The molecule has 0 radical (unpaired) electrons. The maximum absolute atomic E-state index is 4.80. The van der Waals surface area contributed by atoms with Crippen LogP contribution in [0.1, 0.15) is 40.4 Å². The summed E-state index contributed by atoms with van der Waals surface area (Å²) < 4.78 is 0. The number of thiophene rings is 1. The molecule has 124 valence electrons. The predicted molar refractivity (Wildman–Crippen MR) is 99.6 cm³/mol. The highest BCUT2D eigenvalue weighted by Gasteiger charge is 2.14. The predicted octanol–water partition coefficient (Wildman–Crippen LogP) is 3.38. The number of aryl methyl sites for hydroxylation is 3. The van der Waals surface area contributed by atoms with E-state index < -0.39 is 0 Å². The Balaban J connectivity index is 1.37. The highest BCUT2D eigenvalue weighted by atomic mass is 32.1. The average Bonchev–Trinajstić information content (AvgIpc) is 3.23. The number of nitrogens with zero attached hydrogens (tertiary/aromatic N) is 2. The second-order valence-electron chi connectivity index (χ2n) is 5.77. The fourth-order valence-electron chi connectivity index (χ4n) is 2.76. The van der Waals surface area contributed by atoms with Gasteiger partial charge in [-0.05, 0) is 54.5 Å². The second-order valence-corrected chi connectivity index (χ2v) is 7.72. The van der Waals surface area contributed by atoms with Gasteiger partial charge in [0.25, 0.3) is 0 Å². The van der Waals surface area contributed by atoms with Gasteiger partial charge >= 0.3 is 0 Å². The molecule has 2 N–H and O–H groups in total. The minimum Gasteiger partial charge on any atom is -0.356 e. The third-order valence-electron chi connectivity index (χ3n) is 4.01. The smallest absolute Gasteiger partial charge is 0.191 e. The van der Waals surface area contributed by atoms with E-state index in [-0.39, 0.29) is 0 Å². The van der Waals surface area contributed by atoms with Crippen LogP contribution < -0.4 is 10.6 Å². The molecule has 0 spiro atoms. The van der Waals surface area contributed by atoms with Gasteiger partial charge < -0.3 is 10.6 Å². The van der Waals surface area contributed by atoms with Crippen LogP contribution in [0, 0.1) is 0 Å². The van der Waals surface area contributed by atoms with Gasteiger partial charge in [-0.25, -0.2) is 4.98 Å². The molecular weight excluding hydrogens is 324 g/mol. The van der Waals surface area contributed by atoms with Crippen molar-refractivity contribution in [2.24, 2.45) is 4.99 Å². The SMILES string of the molecule is CN=C(NCCCc1nc2c(s1)CCCC2)NCc1ccsc1. The largest absolute Gasteiger partial charge is 0.356 e. The van der Waals surface area contributed by atoms with Crippen molar-refractivity contribution >= 4 is 28.6 Å². The number of guanidine groups is 1. The molecule has 2 aromatic rings. The Morgan fingerprint density at radius 1 is 1.30 bits per heavy atom. The van der Waals surface area contributed by atoms with Crippen LogP contribution in [0.15, 0.2) is 21.8 Å². The third-order valence-corrected chi connectivity index (χ3v) is 5.96. The number of hydrogen-bond acceptors (Lipinski definition) is 4. The summed E-state index contributed by atoms with van der Waals surface area (Å²) in [4.78, 5) is 10.6. The first kappa shape index (κ1) is 16.5. The number of rotatable bonds is 6. The van der Waals surface area contributed by atoms with E-state index >= 15 is 0 Å². The molecule has 2 heterocycles. The quantitative estimate of drug-likeness (QED) is 0.478. The fraction of sp³-hybridized carbons (Fsp3) is 0.529. The number of fused-ring (bicyclic) bond motifs is 1. The fourth-order valence-corrected chi connectivity index (χ4v) is 4.63. The number of thiazole rings is 1. The van der Waals surface area contributed by atoms with E-state index in [9.17, 15) is 0 Å². The normalized spacial score (nSPS) is 14.6. The average molecular weight is 349 g/mol. The van der Waals surface area contributed by atoms with Gasteiger partial charge in [-0.2, -0.15) is 11.3 Å². The highest BCUT2D eigenvalue weighted by Crippen LogP contribution is 2.27. The molecule has 0 fully saturated rings. The summed E-state index contributed by atoms with van der Waals surface area (Å²) in [6.45, 7) is 1.75. The van der Waals surface area contributed by atoms with Crippen molar-refractivity contribution in [2.75, 3.05) is 13.6 Å². The van der Waals surface area contributed by atoms with Crippen LogP contribution in [0.2, 0.25) is 0 Å². The molecule has 0 aromatic carbocycles. The molecule has 0 amide bonds. The molecule has 0 atom stereocenters. The standard InChI is InChI=1S/C17H24N4S2/c1-18-17(20-11-13-8-10-22-12-13)19-9-4-7-16-21-14-5-2-3-6-15(14)23-16/h8,10,12H,2-7,9,11H2,1H3,(H2,18,19,20). The third kappa shape index (κ3) is 4.78. The zero-order valence-electron chi connectivity index (χ0n) is 13.6. The molecule has 4 nitrogen and oxygen atoms in total. The minimum atomic E-state index is 0.822. The van der Waals surface area contributed by atoms with Crippen LogP contribution in [-0.2, 0) is 25.8 Å². The molecule has 0 unspecified atom stereocenters. The lowest BCUT2D eigenvalue weighted by Crippen LogP contribution is -2.37. The van der Waals surface area contributed by atoms with Crippen LogP contribution in [-0.4, -0.2) is 24.5 Å². The molecule has 2 aromatic heterocycles. The molecule has 6 heteroatoms. The lowest BCUT2D eigenvalue weighted by atomic mass is 10.0. The highest BCUT2D eigenvalue weighted by molar-refractivity contribution is 7.11. The van der Waals surface area contributed by atoms with E-state index in [4.69, 9.17) is 4.98 Å². The summed E-state index contributed by atoms with van der Waals surface area (Å²) >= 11 is 3.65. The Morgan fingerprint density at radius 3 is 3.00 bits per heavy atom. The van der Waals surface area contributed by atoms with Crippen LogP contribution >= 0.6 is 22.7 Å². The summed E-state index contributed by atoms with van der Waals surface area (Å²) in [6, 6.07) is 2.13. The molecule has 1 aliphatic rings. The van der Waals surface area contributed by atoms with Crippen molar-refractivity contribution in [3.63, 3.8) is 0 Å². The van der Waals surface area contributed by atoms with Crippen molar-refractivity contribution < 1.29 is 0 Å². The summed E-state index contributed by atoms with van der Waals surface area (Å²) in [5.41, 5.74) is 2.67. The Bertz CT molecular complexity index is 608. The molecule has 0 bridgehead atoms. The topological polar surface area (TPSA) is 49.3 Å². The summed E-state index contributed by atoms with van der Waals surface area (Å²) in [5.74, 6) is 0.870. The number of aliphatic imine (C=N–C) groups is 1. The zero-order chi connectivity index (χ0) is 15.9. The van der Waals surface area contributed by atoms with Crippen molar-refractivity contribution in [3.8, 4) is 0 Å². The Labute approximate surface area is 146 Å². The van der Waals surface area contributed by atoms with Crippen LogP contribution in [0.4, 0.5) is 0 Å². The maximum atomic E-state index is 4.80. The van der Waals surface area contributed by atoms with Gasteiger partial charge in [0.1, 0.15) is 0 Å². The van der Waals surface area contributed by atoms with E-state index in [2.05, 4.69) is 32.5 Å². The van der Waals surface area contributed by atoms with Gasteiger partial charge in [0.15, 0.2) is 5.96 Å². The number of nitrogens with one attached hydrogen (secondary N) is 2. The van der Waals surface area contributed by atoms with E-state index in [1.54, 1.807) is 11.3 Å². The summed E-state index contributed by atoms with van der Waals surface area (Å²) in [6.07, 6.45) is 7.22. The van der Waals surface area contributed by atoms with Gasteiger partial charge in [-0.15, -0.1) is 11.3 Å². The van der Waals surface area contributed by atoms with Crippen LogP contribution in [0.5, 0.6) is 0 Å². The molecule has 0 saturated carbocycles. The summed E-state index contributed by atoms with van der Waals surface area (Å²) in [7, 11) is 1.82. The van der Waals surface area contributed by atoms with E-state index in [1.165, 1.54) is 46.8 Å². The molecule has 3 rings (SSSR count). The second kappa shape index (κ2) is 8.45. The van der Waals surface area contributed by atoms with Gasteiger partial charge in [0.2, 0.25) is 0 Å². The van der Waals surface area contributed by atoms with Crippen molar-refractivity contribution in [1.29, 1.82) is 0 Å². The van der Waals surface area contributed by atoms with Crippen LogP contribution in [0.3, 0.4) is 0 Å². The zero-order valence-corrected chi connectivity index (χ0v) is 15.2. The van der Waals surface area contributed by atoms with Crippen molar-refractivity contribution in [2.45, 2.75) is 45.1 Å². The van der Waals surface area contributed by atoms with E-state index in [0.29, 0.717) is 0 Å². The Morgan fingerprint density at radius 2 is 2.22 bits per heavy atom. The summed E-state index contributed by atoms with van der Waals surface area (Å²) in [5, 5.41) is 12.3. The minimum absolute atomic E-state index is 0.822. The number of aromatic nitrogens is 1. The molecule has 23 heavy (non-hydrogen) atoms. The van der Waals surface area contributed by atoms with Crippen molar-refractivity contribution in [3.05, 3.63) is 38.0 Å². The van der Waals surface area contributed by atoms with Gasteiger partial charge in [-0.1, -0.05) is 0 Å². The first-order valence-corrected chi connectivity index (χ1v) is 10.0.